The number of imidazole rings is 1. The maximum Gasteiger partial charge on any atom is 0.425 e. The van der Waals surface area contributed by atoms with Gasteiger partial charge in [-0.25, -0.2) is 4.98 Å². The summed E-state index contributed by atoms with van der Waals surface area (Å²) in [4.78, 5) is 19.9. The van der Waals surface area contributed by atoms with Gasteiger partial charge in [-0.2, -0.15) is 13.2 Å². The number of aryl methyl sites for hydroxylation is 1. The van der Waals surface area contributed by atoms with Crippen molar-refractivity contribution in [1.29, 1.82) is 0 Å². The van der Waals surface area contributed by atoms with Gasteiger partial charge in [0, 0.05) is 62.9 Å². The molecule has 2 heterocycles. The van der Waals surface area contributed by atoms with E-state index in [2.05, 4.69) is 14.6 Å². The fraction of sp³-hybridized carbons (Fsp3) is 0.500. The normalized spacial score (nSPS) is 18.5. The van der Waals surface area contributed by atoms with Crippen LogP contribution in [-0.2, 0) is 22.2 Å². The summed E-state index contributed by atoms with van der Waals surface area (Å²) in [5.41, 5.74) is -2.58. The summed E-state index contributed by atoms with van der Waals surface area (Å²) >= 11 is 6.04. The highest BCUT2D eigenvalue weighted by Gasteiger charge is 2.65. The molecular formula is C20H24ClF3N4O3. The van der Waals surface area contributed by atoms with E-state index in [0.29, 0.717) is 31.2 Å². The Morgan fingerprint density at radius 1 is 1.29 bits per heavy atom. The van der Waals surface area contributed by atoms with Crippen molar-refractivity contribution < 1.29 is 27.8 Å². The zero-order valence-corrected chi connectivity index (χ0v) is 17.9. The Labute approximate surface area is 183 Å². The summed E-state index contributed by atoms with van der Waals surface area (Å²) in [7, 11) is 2.33. The van der Waals surface area contributed by atoms with Crippen LogP contribution in [-0.4, -0.2) is 71.5 Å². The molecule has 2 atom stereocenters. The quantitative estimate of drug-likeness (QED) is 0.668. The first-order valence-electron chi connectivity index (χ1n) is 9.65. The number of piperazine rings is 1. The predicted molar refractivity (Wildman–Crippen MR) is 109 cm³/mol. The van der Waals surface area contributed by atoms with Gasteiger partial charge in [-0.15, -0.1) is 0 Å². The fourth-order valence-corrected chi connectivity index (χ4v) is 4.04. The minimum Gasteiger partial charge on any atom is -0.469 e. The minimum absolute atomic E-state index is 0.334. The summed E-state index contributed by atoms with van der Waals surface area (Å²) in [5.74, 6) is -3.72. The lowest BCUT2D eigenvalue weighted by Crippen LogP contribution is -2.58. The van der Waals surface area contributed by atoms with Crippen molar-refractivity contribution in [3.63, 3.8) is 0 Å². The number of ether oxygens (including phenoxy) is 1. The van der Waals surface area contributed by atoms with E-state index in [1.165, 1.54) is 13.2 Å². The molecule has 170 valence electrons. The molecule has 0 saturated carbocycles. The number of carbonyl (C=O) groups is 1. The molecule has 1 aliphatic heterocycles. The number of rotatable bonds is 6. The third kappa shape index (κ3) is 4.65. The Morgan fingerprint density at radius 3 is 2.48 bits per heavy atom. The van der Waals surface area contributed by atoms with Crippen LogP contribution in [0.15, 0.2) is 36.7 Å². The van der Waals surface area contributed by atoms with E-state index in [-0.39, 0.29) is 6.54 Å². The van der Waals surface area contributed by atoms with Crippen LogP contribution >= 0.6 is 11.6 Å². The molecule has 11 heteroatoms. The molecule has 1 N–H and O–H groups in total. The molecule has 1 saturated heterocycles. The summed E-state index contributed by atoms with van der Waals surface area (Å²) in [6.45, 7) is 1.52. The Kier molecular flexibility index (Phi) is 6.82. The van der Waals surface area contributed by atoms with Gasteiger partial charge in [0.05, 0.1) is 7.11 Å². The van der Waals surface area contributed by atoms with E-state index in [1.54, 1.807) is 11.0 Å². The van der Waals surface area contributed by atoms with E-state index in [4.69, 9.17) is 11.6 Å². The van der Waals surface area contributed by atoms with Gasteiger partial charge in [0.15, 0.2) is 5.82 Å². The molecule has 0 bridgehead atoms. The zero-order valence-electron chi connectivity index (χ0n) is 17.1. The minimum atomic E-state index is -5.15. The highest BCUT2D eigenvalue weighted by atomic mass is 35.5. The van der Waals surface area contributed by atoms with Gasteiger partial charge in [0.1, 0.15) is 5.92 Å². The lowest BCUT2D eigenvalue weighted by Gasteiger charge is -2.41. The average Bonchev–Trinajstić information content (AvgIpc) is 3.17. The Morgan fingerprint density at radius 2 is 1.97 bits per heavy atom. The van der Waals surface area contributed by atoms with E-state index >= 15 is 0 Å². The summed E-state index contributed by atoms with van der Waals surface area (Å²) in [6.07, 6.45) is -2.72. The molecular weight excluding hydrogens is 437 g/mol. The van der Waals surface area contributed by atoms with Crippen LogP contribution in [0.2, 0.25) is 5.02 Å². The van der Waals surface area contributed by atoms with Crippen LogP contribution in [0.25, 0.3) is 0 Å². The zero-order chi connectivity index (χ0) is 22.8. The smallest absolute Gasteiger partial charge is 0.425 e. The van der Waals surface area contributed by atoms with E-state index in [9.17, 15) is 23.1 Å². The van der Waals surface area contributed by atoms with Gasteiger partial charge in [0.25, 0.3) is 0 Å². The summed E-state index contributed by atoms with van der Waals surface area (Å²) in [5, 5.41) is 11.5. The maximum absolute atomic E-state index is 14.1. The predicted octanol–water partition coefficient (Wildman–Crippen LogP) is 2.43. The van der Waals surface area contributed by atoms with Gasteiger partial charge in [-0.1, -0.05) is 17.7 Å². The Hall–Kier alpha value is -2.30. The van der Waals surface area contributed by atoms with E-state index in [1.807, 2.05) is 18.2 Å². The molecule has 1 aliphatic rings. The third-order valence-electron chi connectivity index (χ3n) is 5.57. The number of carbonyl (C=O) groups excluding carboxylic acids is 1. The molecule has 0 radical (unpaired) electrons. The van der Waals surface area contributed by atoms with Crippen molar-refractivity contribution >= 4 is 23.3 Å². The Bertz CT molecular complexity index is 915. The molecule has 0 amide bonds. The molecule has 0 spiro atoms. The van der Waals surface area contributed by atoms with Crippen molar-refractivity contribution in [3.05, 3.63) is 47.5 Å². The molecule has 0 unspecified atom stereocenters. The van der Waals surface area contributed by atoms with E-state index in [0.717, 1.165) is 23.6 Å². The van der Waals surface area contributed by atoms with Crippen molar-refractivity contribution in [2.24, 2.45) is 13.0 Å². The molecule has 1 fully saturated rings. The van der Waals surface area contributed by atoms with Crippen LogP contribution in [0, 0.1) is 5.92 Å². The molecule has 7 nitrogen and oxygen atoms in total. The van der Waals surface area contributed by atoms with Gasteiger partial charge in [0.2, 0.25) is 5.60 Å². The van der Waals surface area contributed by atoms with Crippen LogP contribution < -0.4 is 4.90 Å². The fourth-order valence-electron chi connectivity index (χ4n) is 3.85. The number of anilines is 1. The van der Waals surface area contributed by atoms with Crippen molar-refractivity contribution in [2.45, 2.75) is 11.8 Å². The van der Waals surface area contributed by atoms with Crippen LogP contribution in [0.5, 0.6) is 0 Å². The molecule has 31 heavy (non-hydrogen) atoms. The highest BCUT2D eigenvalue weighted by molar-refractivity contribution is 6.30. The third-order valence-corrected chi connectivity index (χ3v) is 5.81. The lowest BCUT2D eigenvalue weighted by molar-refractivity contribution is -0.291. The highest BCUT2D eigenvalue weighted by Crippen LogP contribution is 2.44. The molecule has 3 rings (SSSR count). The number of alkyl halides is 3. The number of esters is 1. The summed E-state index contributed by atoms with van der Waals surface area (Å²) in [6, 6.07) is 7.31. The van der Waals surface area contributed by atoms with Crippen molar-refractivity contribution in [3.8, 4) is 0 Å². The first kappa shape index (κ1) is 23.4. The molecule has 1 aromatic carbocycles. The number of hydrogen-bond donors (Lipinski definition) is 1. The number of hydrogen-bond acceptors (Lipinski definition) is 6. The van der Waals surface area contributed by atoms with Crippen LogP contribution in [0.1, 0.15) is 5.82 Å². The van der Waals surface area contributed by atoms with Crippen molar-refractivity contribution in [2.75, 3.05) is 44.7 Å². The van der Waals surface area contributed by atoms with Crippen LogP contribution in [0.3, 0.4) is 0 Å². The maximum atomic E-state index is 14.1. The van der Waals surface area contributed by atoms with Gasteiger partial charge in [-0.05, 0) is 18.2 Å². The second-order valence-electron chi connectivity index (χ2n) is 7.47. The number of aromatic nitrogens is 2. The molecule has 2 aromatic rings. The number of aliphatic hydroxyl groups is 1. The van der Waals surface area contributed by atoms with Gasteiger partial charge in [-0.3, -0.25) is 9.69 Å². The van der Waals surface area contributed by atoms with Gasteiger partial charge < -0.3 is 19.3 Å². The molecule has 0 aliphatic carbocycles. The topological polar surface area (TPSA) is 70.8 Å². The average molecular weight is 461 g/mol. The first-order valence-corrected chi connectivity index (χ1v) is 10.0. The van der Waals surface area contributed by atoms with E-state index < -0.39 is 29.5 Å². The largest absolute Gasteiger partial charge is 0.469 e. The lowest BCUT2D eigenvalue weighted by atomic mass is 9.84. The number of methoxy groups -OCH3 is 1. The van der Waals surface area contributed by atoms with Gasteiger partial charge >= 0.3 is 12.1 Å². The number of nitrogens with zero attached hydrogens (tertiary/aromatic N) is 4. The Balaban J connectivity index is 1.82. The van der Waals surface area contributed by atoms with Crippen LogP contribution in [0.4, 0.5) is 18.9 Å². The summed E-state index contributed by atoms with van der Waals surface area (Å²) < 4.78 is 48.1. The second-order valence-corrected chi connectivity index (χ2v) is 7.91. The number of halogens is 4. The molecule has 1 aromatic heterocycles. The SMILES string of the molecule is COC(=O)[C@@H](CN1CCN(c2cccc(Cl)c2)CC1)[C@@](O)(c1nccn1C)C(F)(F)F. The second kappa shape index (κ2) is 9.05. The monoisotopic (exact) mass is 460 g/mol. The first-order chi connectivity index (χ1) is 14.6. The van der Waals surface area contributed by atoms with Crippen molar-refractivity contribution in [1.82, 2.24) is 14.5 Å². The number of benzene rings is 1. The standard InChI is InChI=1S/C20H24ClF3N4O3/c1-26-7-6-25-18(26)19(30,20(22,23)24)16(17(29)31-2)13-27-8-10-28(11-9-27)15-5-3-4-14(21)12-15/h3-7,12,16,30H,8-11,13H2,1-2H3/t16-,19-/m1/s1.